The van der Waals surface area contributed by atoms with Crippen molar-refractivity contribution in [3.63, 3.8) is 0 Å². The Labute approximate surface area is 189 Å². The third-order valence-corrected chi connectivity index (χ3v) is 7.93. The zero-order chi connectivity index (χ0) is 23.1. The van der Waals surface area contributed by atoms with Gasteiger partial charge in [0.05, 0.1) is 11.4 Å². The Morgan fingerprint density at radius 3 is 2.34 bits per heavy atom. The molecule has 0 aromatic heterocycles. The molecule has 0 radical (unpaired) electrons. The lowest BCUT2D eigenvalue weighted by molar-refractivity contribution is -0.179. The Kier molecular flexibility index (Phi) is 6.10. The van der Waals surface area contributed by atoms with Crippen LogP contribution in [0.2, 0.25) is 25.7 Å². The minimum Gasteiger partial charge on any atom is -0.361 e. The van der Waals surface area contributed by atoms with E-state index in [0.29, 0.717) is 18.0 Å². The highest BCUT2D eigenvalue weighted by molar-refractivity contribution is 6.76. The Morgan fingerprint density at radius 1 is 1.12 bits per heavy atom. The molecule has 0 bridgehead atoms. The summed E-state index contributed by atoms with van der Waals surface area (Å²) in [6, 6.07) is 7.69. The van der Waals surface area contributed by atoms with Crippen LogP contribution in [0.25, 0.3) is 0 Å². The number of carbonyl (C=O) groups excluding carboxylic acids is 1. The molecule has 1 unspecified atom stereocenters. The SMILES string of the molecule is C[Si](C)(C)CCOCN1C(=O)C(C#CC2CC2)(C(F)(F)F)N(CC2CC2)c2ccccc21. The molecule has 0 saturated heterocycles. The summed E-state index contributed by atoms with van der Waals surface area (Å²) in [4.78, 5) is 16.1. The van der Waals surface area contributed by atoms with Crippen molar-refractivity contribution in [2.24, 2.45) is 11.8 Å². The summed E-state index contributed by atoms with van der Waals surface area (Å²) in [6.45, 7) is 6.99. The van der Waals surface area contributed by atoms with Crippen LogP contribution in [0.5, 0.6) is 0 Å². The summed E-state index contributed by atoms with van der Waals surface area (Å²) in [5.41, 5.74) is -2.02. The van der Waals surface area contributed by atoms with Crippen LogP contribution in [0.4, 0.5) is 24.5 Å². The van der Waals surface area contributed by atoms with Gasteiger partial charge in [0.1, 0.15) is 6.73 Å². The zero-order valence-electron chi connectivity index (χ0n) is 19.0. The fraction of sp³-hybridized carbons (Fsp3) is 0.625. The Balaban J connectivity index is 1.75. The molecule has 4 rings (SSSR count). The van der Waals surface area contributed by atoms with Gasteiger partial charge in [0.2, 0.25) is 0 Å². The maximum Gasteiger partial charge on any atom is 0.432 e. The minimum atomic E-state index is -4.84. The molecule has 8 heteroatoms. The summed E-state index contributed by atoms with van der Waals surface area (Å²) < 4.78 is 50.2. The zero-order valence-corrected chi connectivity index (χ0v) is 20.0. The molecule has 2 saturated carbocycles. The van der Waals surface area contributed by atoms with Crippen LogP contribution in [0.15, 0.2) is 24.3 Å². The van der Waals surface area contributed by atoms with Crippen LogP contribution in [-0.2, 0) is 9.53 Å². The quantitative estimate of drug-likeness (QED) is 0.313. The van der Waals surface area contributed by atoms with Gasteiger partial charge in [0.15, 0.2) is 0 Å². The maximum atomic E-state index is 14.8. The number of rotatable bonds is 7. The third-order valence-electron chi connectivity index (χ3n) is 6.22. The van der Waals surface area contributed by atoms with Crippen molar-refractivity contribution in [3.05, 3.63) is 24.3 Å². The van der Waals surface area contributed by atoms with Gasteiger partial charge in [-0.2, -0.15) is 13.2 Å². The lowest BCUT2D eigenvalue weighted by Gasteiger charge is -2.48. The molecule has 0 N–H and O–H groups in total. The van der Waals surface area contributed by atoms with Gasteiger partial charge < -0.3 is 9.64 Å². The summed E-state index contributed by atoms with van der Waals surface area (Å²) >= 11 is 0. The molecular weight excluding hydrogens is 433 g/mol. The van der Waals surface area contributed by atoms with Crippen LogP contribution < -0.4 is 9.80 Å². The van der Waals surface area contributed by atoms with Gasteiger partial charge in [-0.15, -0.1) is 0 Å². The Hall–Kier alpha value is -1.98. The molecule has 1 amide bonds. The molecule has 1 atom stereocenters. The Bertz CT molecular complexity index is 926. The average Bonchev–Trinajstić information content (AvgIpc) is 3.60. The number of carbonyl (C=O) groups is 1. The van der Waals surface area contributed by atoms with Crippen molar-refractivity contribution in [1.82, 2.24) is 0 Å². The molecule has 1 aromatic rings. The van der Waals surface area contributed by atoms with Gasteiger partial charge in [-0.25, -0.2) is 0 Å². The lowest BCUT2D eigenvalue weighted by atomic mass is 9.89. The van der Waals surface area contributed by atoms with Crippen LogP contribution >= 0.6 is 0 Å². The number of benzene rings is 1. The number of alkyl halides is 3. The number of amides is 1. The first-order valence-corrected chi connectivity index (χ1v) is 15.1. The van der Waals surface area contributed by atoms with Gasteiger partial charge in [0.25, 0.3) is 11.4 Å². The normalized spacial score (nSPS) is 23.6. The smallest absolute Gasteiger partial charge is 0.361 e. The highest BCUT2D eigenvalue weighted by Crippen LogP contribution is 2.49. The first-order chi connectivity index (χ1) is 15.0. The van der Waals surface area contributed by atoms with Gasteiger partial charge in [0, 0.05) is 27.1 Å². The lowest BCUT2D eigenvalue weighted by Crippen LogP contribution is -2.70. The highest BCUT2D eigenvalue weighted by Gasteiger charge is 2.67. The van der Waals surface area contributed by atoms with Crippen LogP contribution in [0.3, 0.4) is 0 Å². The Morgan fingerprint density at radius 2 is 1.78 bits per heavy atom. The van der Waals surface area contributed by atoms with Crippen molar-refractivity contribution >= 4 is 25.4 Å². The van der Waals surface area contributed by atoms with Gasteiger partial charge in [-0.3, -0.25) is 9.69 Å². The molecule has 1 aromatic carbocycles. The van der Waals surface area contributed by atoms with E-state index in [4.69, 9.17) is 4.74 Å². The van der Waals surface area contributed by atoms with E-state index in [1.807, 2.05) is 0 Å². The minimum absolute atomic E-state index is 0.0524. The van der Waals surface area contributed by atoms with Crippen LogP contribution in [0, 0.1) is 23.7 Å². The number of halogens is 3. The van der Waals surface area contributed by atoms with Crippen molar-refractivity contribution in [2.45, 2.75) is 63.1 Å². The first kappa shape index (κ1) is 23.2. The van der Waals surface area contributed by atoms with Crippen LogP contribution in [0.1, 0.15) is 25.7 Å². The average molecular weight is 465 g/mol. The van der Waals surface area contributed by atoms with E-state index in [1.54, 1.807) is 24.3 Å². The molecule has 3 aliphatic rings. The van der Waals surface area contributed by atoms with Gasteiger partial charge >= 0.3 is 6.18 Å². The third kappa shape index (κ3) is 4.69. The number of anilines is 2. The molecule has 2 fully saturated rings. The summed E-state index contributed by atoms with van der Waals surface area (Å²) in [6.07, 6.45) is -1.51. The summed E-state index contributed by atoms with van der Waals surface area (Å²) in [5.74, 6) is 4.29. The molecule has 1 aliphatic heterocycles. The van der Waals surface area contributed by atoms with E-state index in [-0.39, 0.29) is 25.1 Å². The van der Waals surface area contributed by atoms with E-state index in [1.165, 1.54) is 4.90 Å². The molecule has 0 spiro atoms. The van der Waals surface area contributed by atoms with Crippen molar-refractivity contribution in [1.29, 1.82) is 0 Å². The molecule has 174 valence electrons. The summed E-state index contributed by atoms with van der Waals surface area (Å²) in [7, 11) is -1.37. The van der Waals surface area contributed by atoms with E-state index in [0.717, 1.165) is 36.6 Å². The standard InChI is InChI=1S/C24H31F3N2O2Si/c1-32(2,3)15-14-31-17-28-20-6-4-5-7-21(20)29(16-19-10-11-19)23(22(28)30,24(25,26)27)13-12-18-8-9-18/h4-7,18-19H,8-11,14-17H2,1-3H3. The van der Waals surface area contributed by atoms with Crippen molar-refractivity contribution in [3.8, 4) is 11.8 Å². The van der Waals surface area contributed by atoms with Crippen LogP contribution in [-0.4, -0.2) is 45.6 Å². The number of hydrogen-bond acceptors (Lipinski definition) is 3. The predicted octanol–water partition coefficient (Wildman–Crippen LogP) is 5.28. The highest BCUT2D eigenvalue weighted by atomic mass is 28.3. The molecular formula is C24H31F3N2O2Si. The molecule has 2 aliphatic carbocycles. The number of fused-ring (bicyclic) bond motifs is 1. The van der Waals surface area contributed by atoms with E-state index in [9.17, 15) is 18.0 Å². The molecule has 1 heterocycles. The van der Waals surface area contributed by atoms with E-state index < -0.39 is 25.7 Å². The largest absolute Gasteiger partial charge is 0.432 e. The number of para-hydroxylation sites is 2. The number of ether oxygens (including phenoxy) is 1. The van der Waals surface area contributed by atoms with Gasteiger partial charge in [-0.05, 0) is 49.8 Å². The second kappa shape index (κ2) is 8.42. The van der Waals surface area contributed by atoms with Crippen molar-refractivity contribution < 1.29 is 22.7 Å². The topological polar surface area (TPSA) is 32.8 Å². The monoisotopic (exact) mass is 464 g/mol. The fourth-order valence-electron chi connectivity index (χ4n) is 3.88. The summed E-state index contributed by atoms with van der Waals surface area (Å²) in [5, 5.41) is 0. The molecule has 4 nitrogen and oxygen atoms in total. The maximum absolute atomic E-state index is 14.8. The van der Waals surface area contributed by atoms with E-state index >= 15 is 0 Å². The number of hydrogen-bond donors (Lipinski definition) is 0. The molecule has 32 heavy (non-hydrogen) atoms. The second-order valence-corrected chi connectivity index (χ2v) is 16.0. The van der Waals surface area contributed by atoms with E-state index in [2.05, 4.69) is 31.5 Å². The second-order valence-electron chi connectivity index (χ2n) is 10.4. The van der Waals surface area contributed by atoms with Crippen molar-refractivity contribution in [2.75, 3.05) is 29.7 Å². The van der Waals surface area contributed by atoms with Gasteiger partial charge in [-0.1, -0.05) is 43.6 Å². The number of nitrogens with zero attached hydrogens (tertiary/aromatic N) is 2. The first-order valence-electron chi connectivity index (χ1n) is 11.4. The fourth-order valence-corrected chi connectivity index (χ4v) is 4.63. The predicted molar refractivity (Wildman–Crippen MR) is 122 cm³/mol.